The molecule has 0 saturated carbocycles. The van der Waals surface area contributed by atoms with E-state index in [4.69, 9.17) is 14.5 Å². The lowest BCUT2D eigenvalue weighted by Gasteiger charge is -2.33. The number of nitrogens with zero attached hydrogens (tertiary/aromatic N) is 4. The van der Waals surface area contributed by atoms with Crippen LogP contribution in [0.15, 0.2) is 10.3 Å². The molecule has 4 heterocycles. The Morgan fingerprint density at radius 2 is 2.03 bits per heavy atom. The van der Waals surface area contributed by atoms with Crippen LogP contribution in [0.4, 0.5) is 0 Å². The molecule has 3 aromatic heterocycles. The third-order valence-corrected chi connectivity index (χ3v) is 9.08. The van der Waals surface area contributed by atoms with Crippen LogP contribution in [-0.2, 0) is 27.3 Å². The van der Waals surface area contributed by atoms with Crippen molar-refractivity contribution in [3.63, 3.8) is 0 Å². The molecule has 7 nitrogen and oxygen atoms in total. The van der Waals surface area contributed by atoms with E-state index in [2.05, 4.69) is 37.9 Å². The molecule has 33 heavy (non-hydrogen) atoms. The number of hydrogen-bond donors (Lipinski definition) is 0. The predicted molar refractivity (Wildman–Crippen MR) is 136 cm³/mol. The van der Waals surface area contributed by atoms with Crippen molar-refractivity contribution in [1.82, 2.24) is 19.6 Å². The lowest BCUT2D eigenvalue weighted by atomic mass is 9.90. The molecule has 180 valence electrons. The van der Waals surface area contributed by atoms with E-state index in [0.717, 1.165) is 65.3 Å². The van der Waals surface area contributed by atoms with Crippen LogP contribution in [0.3, 0.4) is 0 Å². The zero-order valence-electron chi connectivity index (χ0n) is 19.8. The predicted octanol–water partition coefficient (Wildman–Crippen LogP) is 5.91. The molecular weight excluding hydrogens is 476 g/mol. The number of carbonyl (C=O) groups is 1. The van der Waals surface area contributed by atoms with Gasteiger partial charge in [-0.2, -0.15) is 0 Å². The lowest BCUT2D eigenvalue weighted by Crippen LogP contribution is -2.33. The van der Waals surface area contributed by atoms with Crippen LogP contribution in [0.5, 0.6) is 0 Å². The molecular formula is C23H32N4O3S3. The fourth-order valence-electron chi connectivity index (χ4n) is 3.83. The van der Waals surface area contributed by atoms with E-state index in [1.54, 1.807) is 23.1 Å². The molecule has 0 radical (unpaired) electrons. The smallest absolute Gasteiger partial charge is 0.316 e. The third kappa shape index (κ3) is 5.33. The normalized spacial score (nSPS) is 18.2. The molecule has 0 unspecified atom stereocenters. The van der Waals surface area contributed by atoms with E-state index < -0.39 is 0 Å². The fourth-order valence-corrected chi connectivity index (χ4v) is 6.62. The zero-order chi connectivity index (χ0) is 23.4. The van der Waals surface area contributed by atoms with Gasteiger partial charge in [-0.25, -0.2) is 9.38 Å². The molecule has 10 heteroatoms. The molecule has 1 aliphatic rings. The second kappa shape index (κ2) is 10.9. The standard InChI is InChI=1S/C23H32N4O3S3/c1-5-8-9-10-29-17(28)14-32-22-26-25-19-18-15-12-23(4,7-3)30-13-16(15)33-20(18)24-21(27(19)22)31-11-6-2/h5-14H2,1-4H3/t23-/m1/s1. The molecule has 0 amide bonds. The molecule has 3 aromatic rings. The Morgan fingerprint density at radius 1 is 1.18 bits per heavy atom. The molecule has 1 aliphatic heterocycles. The van der Waals surface area contributed by atoms with E-state index in [1.165, 1.54) is 22.2 Å². The van der Waals surface area contributed by atoms with Crippen LogP contribution in [0, 0.1) is 0 Å². The molecule has 0 N–H and O–H groups in total. The second-order valence-electron chi connectivity index (χ2n) is 8.55. The molecule has 4 rings (SSSR count). The number of unbranched alkanes of at least 4 members (excludes halogenated alkanes) is 2. The molecule has 0 saturated heterocycles. The van der Waals surface area contributed by atoms with Gasteiger partial charge < -0.3 is 9.47 Å². The van der Waals surface area contributed by atoms with Gasteiger partial charge >= 0.3 is 5.97 Å². The number of thioether (sulfide) groups is 2. The van der Waals surface area contributed by atoms with Gasteiger partial charge in [-0.1, -0.05) is 57.1 Å². The Labute approximate surface area is 207 Å². The topological polar surface area (TPSA) is 78.6 Å². The van der Waals surface area contributed by atoms with Crippen molar-refractivity contribution in [1.29, 1.82) is 0 Å². The van der Waals surface area contributed by atoms with Gasteiger partial charge in [-0.15, -0.1) is 21.5 Å². The van der Waals surface area contributed by atoms with Crippen LogP contribution >= 0.6 is 34.9 Å². The minimum absolute atomic E-state index is 0.174. The minimum Gasteiger partial charge on any atom is -0.465 e. The summed E-state index contributed by atoms with van der Waals surface area (Å²) in [5.74, 6) is 0.956. The first kappa shape index (κ1) is 24.8. The maximum Gasteiger partial charge on any atom is 0.316 e. The maximum absolute atomic E-state index is 12.2. The number of hydrogen-bond acceptors (Lipinski definition) is 9. The van der Waals surface area contributed by atoms with E-state index in [-0.39, 0.29) is 17.3 Å². The Hall–Kier alpha value is -1.36. The number of carbonyl (C=O) groups excluding carboxylic acids is 1. The van der Waals surface area contributed by atoms with E-state index in [9.17, 15) is 4.79 Å². The second-order valence-corrected chi connectivity index (χ2v) is 11.6. The molecule has 1 atom stereocenters. The Bertz CT molecular complexity index is 1130. The van der Waals surface area contributed by atoms with Crippen molar-refractivity contribution in [2.24, 2.45) is 0 Å². The van der Waals surface area contributed by atoms with Gasteiger partial charge in [0.05, 0.1) is 30.0 Å². The Morgan fingerprint density at radius 3 is 2.79 bits per heavy atom. The minimum atomic E-state index is -0.214. The zero-order valence-corrected chi connectivity index (χ0v) is 22.3. The summed E-state index contributed by atoms with van der Waals surface area (Å²) in [5.41, 5.74) is 1.94. The monoisotopic (exact) mass is 508 g/mol. The van der Waals surface area contributed by atoms with E-state index >= 15 is 0 Å². The average molecular weight is 509 g/mol. The summed E-state index contributed by atoms with van der Waals surface area (Å²) >= 11 is 4.78. The average Bonchev–Trinajstić information content (AvgIpc) is 3.39. The van der Waals surface area contributed by atoms with Crippen LogP contribution in [-0.4, -0.2) is 49.3 Å². The van der Waals surface area contributed by atoms with Crippen molar-refractivity contribution < 1.29 is 14.3 Å². The number of ether oxygens (including phenoxy) is 2. The molecule has 0 fully saturated rings. The van der Waals surface area contributed by atoms with Crippen LogP contribution in [0.1, 0.15) is 70.2 Å². The molecule has 0 spiro atoms. The summed E-state index contributed by atoms with van der Waals surface area (Å²) in [6, 6.07) is 0. The first-order valence-corrected chi connectivity index (χ1v) is 14.5. The van der Waals surface area contributed by atoms with Crippen molar-refractivity contribution in [2.45, 2.75) is 88.7 Å². The summed E-state index contributed by atoms with van der Waals surface area (Å²) in [7, 11) is 0. The first-order chi connectivity index (χ1) is 16.0. The number of fused-ring (bicyclic) bond motifs is 5. The quantitative estimate of drug-likeness (QED) is 0.137. The molecule has 0 aliphatic carbocycles. The fraction of sp³-hybridized carbons (Fsp3) is 0.652. The largest absolute Gasteiger partial charge is 0.465 e. The number of esters is 1. The lowest BCUT2D eigenvalue weighted by molar-refractivity contribution is -0.140. The third-order valence-electron chi connectivity index (χ3n) is 5.93. The van der Waals surface area contributed by atoms with E-state index in [1.807, 2.05) is 4.40 Å². The van der Waals surface area contributed by atoms with Crippen LogP contribution in [0.2, 0.25) is 0 Å². The van der Waals surface area contributed by atoms with Gasteiger partial charge in [0.15, 0.2) is 16.0 Å². The van der Waals surface area contributed by atoms with Gasteiger partial charge in [-0.3, -0.25) is 4.79 Å². The van der Waals surface area contributed by atoms with Crippen LogP contribution in [0.25, 0.3) is 15.9 Å². The van der Waals surface area contributed by atoms with Gasteiger partial charge in [0, 0.05) is 17.1 Å². The maximum atomic E-state index is 12.2. The Balaban J connectivity index is 1.67. The van der Waals surface area contributed by atoms with Crippen molar-refractivity contribution in [2.75, 3.05) is 18.1 Å². The molecule has 0 aromatic carbocycles. The van der Waals surface area contributed by atoms with Gasteiger partial charge in [0.25, 0.3) is 0 Å². The highest BCUT2D eigenvalue weighted by Crippen LogP contribution is 2.42. The van der Waals surface area contributed by atoms with Gasteiger partial charge in [-0.05, 0) is 31.7 Å². The van der Waals surface area contributed by atoms with Crippen molar-refractivity contribution >= 4 is 56.7 Å². The van der Waals surface area contributed by atoms with Gasteiger partial charge in [0.2, 0.25) is 0 Å². The van der Waals surface area contributed by atoms with Gasteiger partial charge in [0.1, 0.15) is 4.83 Å². The SMILES string of the molecule is CCCCCOC(=O)CSc1nnc2c3c4c(sc3nc(SCCC)n12)CO[C@](C)(CC)C4. The highest BCUT2D eigenvalue weighted by molar-refractivity contribution is 8.00. The highest BCUT2D eigenvalue weighted by Gasteiger charge is 2.33. The summed E-state index contributed by atoms with van der Waals surface area (Å²) in [5, 5.41) is 11.7. The van der Waals surface area contributed by atoms with Crippen molar-refractivity contribution in [3.05, 3.63) is 10.4 Å². The first-order valence-electron chi connectivity index (χ1n) is 11.7. The number of rotatable bonds is 11. The summed E-state index contributed by atoms with van der Waals surface area (Å²) in [6.07, 6.45) is 5.92. The Kier molecular flexibility index (Phi) is 8.19. The number of thiophene rings is 1. The summed E-state index contributed by atoms with van der Waals surface area (Å²) in [4.78, 5) is 19.5. The highest BCUT2D eigenvalue weighted by atomic mass is 32.2. The van der Waals surface area contributed by atoms with Crippen molar-refractivity contribution in [3.8, 4) is 0 Å². The number of aromatic nitrogens is 4. The van der Waals surface area contributed by atoms with E-state index in [0.29, 0.717) is 18.4 Å². The van der Waals surface area contributed by atoms with Crippen LogP contribution < -0.4 is 0 Å². The summed E-state index contributed by atoms with van der Waals surface area (Å²) < 4.78 is 13.6. The summed E-state index contributed by atoms with van der Waals surface area (Å²) in [6.45, 7) is 9.73. The molecule has 0 bridgehead atoms.